The molecule has 4 nitrogen and oxygen atoms in total. The van der Waals surface area contributed by atoms with Gasteiger partial charge in [-0.1, -0.05) is 0 Å². The van der Waals surface area contributed by atoms with Crippen LogP contribution in [0.3, 0.4) is 0 Å². The largest absolute Gasteiger partial charge is 0.340 e. The van der Waals surface area contributed by atoms with Crippen LogP contribution in [-0.2, 0) is 4.79 Å². The summed E-state index contributed by atoms with van der Waals surface area (Å²) in [5.74, 6) is 0.213. The molecule has 0 radical (unpaired) electrons. The van der Waals surface area contributed by atoms with Crippen LogP contribution in [0, 0.1) is 0 Å². The predicted octanol–water partition coefficient (Wildman–Crippen LogP) is -0.502. The zero-order chi connectivity index (χ0) is 9.84. The van der Waals surface area contributed by atoms with Crippen molar-refractivity contribution in [3.63, 3.8) is 0 Å². The van der Waals surface area contributed by atoms with Gasteiger partial charge in [0.25, 0.3) is 0 Å². The van der Waals surface area contributed by atoms with Gasteiger partial charge in [-0.3, -0.25) is 9.69 Å². The number of carbonyl (C=O) groups excluding carboxylic acids is 1. The second-order valence-corrected chi connectivity index (χ2v) is 3.62. The van der Waals surface area contributed by atoms with Crippen molar-refractivity contribution in [2.75, 3.05) is 33.2 Å². The van der Waals surface area contributed by atoms with Gasteiger partial charge in [0, 0.05) is 26.2 Å². The highest BCUT2D eigenvalue weighted by Gasteiger charge is 2.25. The quantitative estimate of drug-likeness (QED) is 0.631. The third-order valence-corrected chi connectivity index (χ3v) is 2.67. The van der Waals surface area contributed by atoms with E-state index in [-0.39, 0.29) is 11.9 Å². The van der Waals surface area contributed by atoms with Crippen molar-refractivity contribution in [3.8, 4) is 0 Å². The summed E-state index contributed by atoms with van der Waals surface area (Å²) in [6, 6.07) is 0.00838. The van der Waals surface area contributed by atoms with Crippen molar-refractivity contribution < 1.29 is 4.79 Å². The van der Waals surface area contributed by atoms with Crippen LogP contribution in [0.2, 0.25) is 0 Å². The lowest BCUT2D eigenvalue weighted by Gasteiger charge is -2.24. The molecule has 0 aliphatic carbocycles. The van der Waals surface area contributed by atoms with Gasteiger partial charge in [-0.15, -0.1) is 0 Å². The maximum Gasteiger partial charge on any atom is 0.239 e. The summed E-state index contributed by atoms with van der Waals surface area (Å²) in [5, 5.41) is 0. The Kier molecular flexibility index (Phi) is 3.69. The molecule has 0 aromatic heterocycles. The van der Waals surface area contributed by atoms with Gasteiger partial charge < -0.3 is 10.6 Å². The lowest BCUT2D eigenvalue weighted by atomic mass is 10.3. The van der Waals surface area contributed by atoms with E-state index in [4.69, 9.17) is 5.73 Å². The van der Waals surface area contributed by atoms with Crippen LogP contribution in [0.1, 0.15) is 13.3 Å². The zero-order valence-electron chi connectivity index (χ0n) is 8.49. The van der Waals surface area contributed by atoms with E-state index in [0.29, 0.717) is 13.1 Å². The van der Waals surface area contributed by atoms with Crippen molar-refractivity contribution in [2.45, 2.75) is 19.4 Å². The summed E-state index contributed by atoms with van der Waals surface area (Å²) < 4.78 is 0. The van der Waals surface area contributed by atoms with E-state index in [1.54, 1.807) is 0 Å². The van der Waals surface area contributed by atoms with Crippen LogP contribution >= 0.6 is 0 Å². The summed E-state index contributed by atoms with van der Waals surface area (Å²) in [4.78, 5) is 15.7. The number of nitrogens with two attached hydrogens (primary N) is 1. The van der Waals surface area contributed by atoms with E-state index < -0.39 is 0 Å². The Morgan fingerprint density at radius 2 is 2.23 bits per heavy atom. The molecule has 4 heteroatoms. The topological polar surface area (TPSA) is 49.6 Å². The second-order valence-electron chi connectivity index (χ2n) is 3.62. The molecule has 1 aliphatic heterocycles. The smallest absolute Gasteiger partial charge is 0.239 e. The van der Waals surface area contributed by atoms with Crippen molar-refractivity contribution in [2.24, 2.45) is 5.73 Å². The summed E-state index contributed by atoms with van der Waals surface area (Å²) in [7, 11) is 1.99. The van der Waals surface area contributed by atoms with Crippen LogP contribution in [-0.4, -0.2) is 55.0 Å². The maximum absolute atomic E-state index is 11.8. The summed E-state index contributed by atoms with van der Waals surface area (Å²) in [5.41, 5.74) is 5.45. The molecule has 1 aliphatic rings. The molecular formula is C9H19N3O. The first-order valence-electron chi connectivity index (χ1n) is 4.86. The average Bonchev–Trinajstić information content (AvgIpc) is 2.22. The van der Waals surface area contributed by atoms with Gasteiger partial charge in [-0.2, -0.15) is 0 Å². The van der Waals surface area contributed by atoms with Crippen LogP contribution in [0.5, 0.6) is 0 Å². The molecular weight excluding hydrogens is 166 g/mol. The Morgan fingerprint density at radius 3 is 2.85 bits per heavy atom. The molecule has 1 fully saturated rings. The Morgan fingerprint density at radius 1 is 1.54 bits per heavy atom. The highest BCUT2D eigenvalue weighted by atomic mass is 16.2. The summed E-state index contributed by atoms with van der Waals surface area (Å²) >= 11 is 0. The first kappa shape index (κ1) is 10.5. The number of likely N-dealkylation sites (N-methyl/N-ethyl adjacent to an activating group) is 1. The molecule has 76 valence electrons. The Balaban J connectivity index is 2.61. The van der Waals surface area contributed by atoms with Gasteiger partial charge in [0.05, 0.1) is 6.04 Å². The van der Waals surface area contributed by atoms with Crippen molar-refractivity contribution in [1.82, 2.24) is 9.80 Å². The number of carbonyl (C=O) groups is 1. The van der Waals surface area contributed by atoms with Crippen LogP contribution in [0.15, 0.2) is 0 Å². The van der Waals surface area contributed by atoms with Crippen molar-refractivity contribution >= 4 is 5.91 Å². The highest BCUT2D eigenvalue weighted by molar-refractivity contribution is 5.81. The molecule has 1 atom stereocenters. The minimum Gasteiger partial charge on any atom is -0.340 e. The molecule has 0 aromatic carbocycles. The second kappa shape index (κ2) is 4.58. The molecule has 0 bridgehead atoms. The minimum atomic E-state index is 0.00838. The van der Waals surface area contributed by atoms with Gasteiger partial charge in [-0.25, -0.2) is 0 Å². The average molecular weight is 185 g/mol. The number of amides is 1. The van der Waals surface area contributed by atoms with Gasteiger partial charge in [0.1, 0.15) is 0 Å². The van der Waals surface area contributed by atoms with Gasteiger partial charge in [0.15, 0.2) is 0 Å². The van der Waals surface area contributed by atoms with E-state index >= 15 is 0 Å². The van der Waals surface area contributed by atoms with Crippen molar-refractivity contribution in [1.29, 1.82) is 0 Å². The van der Waals surface area contributed by atoms with E-state index in [2.05, 4.69) is 4.90 Å². The molecule has 1 heterocycles. The van der Waals surface area contributed by atoms with E-state index in [9.17, 15) is 4.79 Å². The number of nitrogens with zero attached hydrogens (tertiary/aromatic N) is 2. The lowest BCUT2D eigenvalue weighted by Crippen LogP contribution is -2.44. The molecule has 1 rings (SSSR count). The molecule has 0 aromatic rings. The fourth-order valence-electron chi connectivity index (χ4n) is 1.65. The standard InChI is InChI=1S/C9H19N3O/c1-8-9(13)12(7-4-10)6-3-5-11(8)2/h8H,3-7,10H2,1-2H3. The number of hydrogen-bond donors (Lipinski definition) is 1. The van der Waals surface area contributed by atoms with E-state index in [1.165, 1.54) is 0 Å². The van der Waals surface area contributed by atoms with Gasteiger partial charge in [0.2, 0.25) is 5.91 Å². The van der Waals surface area contributed by atoms with E-state index in [0.717, 1.165) is 19.5 Å². The summed E-state index contributed by atoms with van der Waals surface area (Å²) in [6.45, 7) is 5.05. The molecule has 1 unspecified atom stereocenters. The van der Waals surface area contributed by atoms with Gasteiger partial charge in [-0.05, 0) is 20.4 Å². The van der Waals surface area contributed by atoms with Crippen LogP contribution < -0.4 is 5.73 Å². The molecule has 0 saturated carbocycles. The molecule has 2 N–H and O–H groups in total. The monoisotopic (exact) mass is 185 g/mol. The molecule has 0 spiro atoms. The molecule has 13 heavy (non-hydrogen) atoms. The molecule has 1 saturated heterocycles. The first-order valence-corrected chi connectivity index (χ1v) is 4.86. The Bertz CT molecular complexity index is 184. The van der Waals surface area contributed by atoms with Gasteiger partial charge >= 0.3 is 0 Å². The SMILES string of the molecule is CC1C(=O)N(CCN)CCCN1C. The first-order chi connectivity index (χ1) is 6.16. The Hall–Kier alpha value is -0.610. The Labute approximate surface area is 79.7 Å². The third-order valence-electron chi connectivity index (χ3n) is 2.67. The third kappa shape index (κ3) is 2.42. The lowest BCUT2D eigenvalue weighted by molar-refractivity contribution is -0.134. The van der Waals surface area contributed by atoms with Crippen LogP contribution in [0.4, 0.5) is 0 Å². The maximum atomic E-state index is 11.8. The minimum absolute atomic E-state index is 0.00838. The number of rotatable bonds is 2. The zero-order valence-corrected chi connectivity index (χ0v) is 8.49. The highest BCUT2D eigenvalue weighted by Crippen LogP contribution is 2.08. The van der Waals surface area contributed by atoms with Crippen LogP contribution in [0.25, 0.3) is 0 Å². The fourth-order valence-corrected chi connectivity index (χ4v) is 1.65. The van der Waals surface area contributed by atoms with Crippen molar-refractivity contribution in [3.05, 3.63) is 0 Å². The summed E-state index contributed by atoms with van der Waals surface area (Å²) in [6.07, 6.45) is 1.05. The normalized spacial score (nSPS) is 26.2. The molecule has 1 amide bonds. The number of hydrogen-bond acceptors (Lipinski definition) is 3. The van der Waals surface area contributed by atoms with E-state index in [1.807, 2.05) is 18.9 Å². The fraction of sp³-hybridized carbons (Fsp3) is 0.889. The predicted molar refractivity (Wildman–Crippen MR) is 52.3 cm³/mol.